The first-order chi connectivity index (χ1) is 6.83. The molecule has 0 aliphatic rings. The Hall–Kier alpha value is -0.870. The van der Waals surface area contributed by atoms with Crippen molar-refractivity contribution in [1.29, 1.82) is 0 Å². The van der Waals surface area contributed by atoms with Crippen LogP contribution in [0.2, 0.25) is 0 Å². The molecule has 0 radical (unpaired) electrons. The van der Waals surface area contributed by atoms with E-state index in [-0.39, 0.29) is 6.61 Å². The van der Waals surface area contributed by atoms with Crippen molar-refractivity contribution in [2.75, 3.05) is 6.61 Å². The summed E-state index contributed by atoms with van der Waals surface area (Å²) in [7, 11) is 0. The molecule has 0 amide bonds. The quantitative estimate of drug-likeness (QED) is 0.852. The Kier molecular flexibility index (Phi) is 2.84. The molecule has 0 unspecified atom stereocenters. The van der Waals surface area contributed by atoms with Crippen LogP contribution in [0.5, 0.6) is 0 Å². The predicted molar refractivity (Wildman–Crippen MR) is 58.3 cm³/mol. The number of hydrogen-bond acceptors (Lipinski definition) is 2. The zero-order chi connectivity index (χ0) is 9.97. The summed E-state index contributed by atoms with van der Waals surface area (Å²) in [6.45, 7) is 0.208. The van der Waals surface area contributed by atoms with Gasteiger partial charge >= 0.3 is 0 Å². The molecule has 3 nitrogen and oxygen atoms in total. The topological polar surface area (TPSA) is 37.5 Å². The minimum atomic E-state index is 0.208. The van der Waals surface area contributed by atoms with E-state index in [0.717, 1.165) is 28.8 Å². The van der Waals surface area contributed by atoms with E-state index in [2.05, 4.69) is 25.3 Å². The maximum atomic E-state index is 8.76. The molecule has 4 heteroatoms. The lowest BCUT2D eigenvalue weighted by molar-refractivity contribution is 0.287. The summed E-state index contributed by atoms with van der Waals surface area (Å²) >= 11 is 3.48. The number of nitrogens with zero attached hydrogens (tertiary/aromatic N) is 2. The number of aliphatic hydroxyl groups is 1. The summed E-state index contributed by atoms with van der Waals surface area (Å²) in [6.07, 6.45) is 3.39. The van der Waals surface area contributed by atoms with E-state index in [0.29, 0.717) is 0 Å². The van der Waals surface area contributed by atoms with E-state index in [9.17, 15) is 0 Å². The number of imidazole rings is 1. The van der Waals surface area contributed by atoms with Gasteiger partial charge in [-0.1, -0.05) is 6.07 Å². The van der Waals surface area contributed by atoms with Crippen molar-refractivity contribution in [3.63, 3.8) is 0 Å². The summed E-state index contributed by atoms with van der Waals surface area (Å²) in [4.78, 5) is 4.32. The van der Waals surface area contributed by atoms with Crippen molar-refractivity contribution in [2.24, 2.45) is 0 Å². The third-order valence-electron chi connectivity index (χ3n) is 2.14. The van der Waals surface area contributed by atoms with Crippen molar-refractivity contribution in [3.05, 3.63) is 34.8 Å². The molecule has 2 aromatic heterocycles. The molecule has 0 spiro atoms. The number of aliphatic hydroxyl groups excluding tert-OH is 1. The van der Waals surface area contributed by atoms with Crippen LogP contribution in [0.4, 0.5) is 0 Å². The van der Waals surface area contributed by atoms with Crippen LogP contribution in [0.1, 0.15) is 12.2 Å². The molecule has 14 heavy (non-hydrogen) atoms. The van der Waals surface area contributed by atoms with Gasteiger partial charge in [0.1, 0.15) is 5.82 Å². The molecular formula is C10H11BrN2O. The molecule has 74 valence electrons. The third-order valence-corrected chi connectivity index (χ3v) is 2.75. The van der Waals surface area contributed by atoms with Crippen LogP contribution in [0, 0.1) is 0 Å². The Balaban J connectivity index is 2.45. The molecule has 2 rings (SSSR count). The molecule has 0 fully saturated rings. The fourth-order valence-corrected chi connectivity index (χ4v) is 2.05. The van der Waals surface area contributed by atoms with Gasteiger partial charge in [-0.25, -0.2) is 4.98 Å². The summed E-state index contributed by atoms with van der Waals surface area (Å²) in [5.74, 6) is 0.988. The molecule has 2 heterocycles. The Bertz CT molecular complexity index is 439. The van der Waals surface area contributed by atoms with Crippen LogP contribution >= 0.6 is 15.9 Å². The summed E-state index contributed by atoms with van der Waals surface area (Å²) in [5, 5.41) is 8.76. The van der Waals surface area contributed by atoms with Gasteiger partial charge in [-0.05, 0) is 34.5 Å². The smallest absolute Gasteiger partial charge is 0.114 e. The van der Waals surface area contributed by atoms with Gasteiger partial charge in [0.15, 0.2) is 0 Å². The highest BCUT2D eigenvalue weighted by Crippen LogP contribution is 2.16. The van der Waals surface area contributed by atoms with Gasteiger partial charge < -0.3 is 5.11 Å². The van der Waals surface area contributed by atoms with Crippen LogP contribution in [-0.4, -0.2) is 21.1 Å². The third kappa shape index (κ3) is 1.67. The van der Waals surface area contributed by atoms with Gasteiger partial charge in [0.25, 0.3) is 0 Å². The fraction of sp³-hybridized carbons (Fsp3) is 0.300. The maximum absolute atomic E-state index is 8.76. The second kappa shape index (κ2) is 4.11. The Labute approximate surface area is 90.5 Å². The number of rotatable bonds is 3. The lowest BCUT2D eigenvalue weighted by Crippen LogP contribution is -1.97. The Morgan fingerprint density at radius 2 is 2.29 bits per heavy atom. The average Bonchev–Trinajstić information content (AvgIpc) is 2.59. The molecule has 0 bridgehead atoms. The van der Waals surface area contributed by atoms with Crippen molar-refractivity contribution in [2.45, 2.75) is 12.8 Å². The molecule has 0 saturated carbocycles. The largest absolute Gasteiger partial charge is 0.396 e. The van der Waals surface area contributed by atoms with E-state index < -0.39 is 0 Å². The number of aromatic nitrogens is 2. The van der Waals surface area contributed by atoms with Gasteiger partial charge in [0.05, 0.1) is 16.3 Å². The van der Waals surface area contributed by atoms with Crippen LogP contribution in [0.15, 0.2) is 29.0 Å². The van der Waals surface area contributed by atoms with Gasteiger partial charge in [-0.2, -0.15) is 0 Å². The highest BCUT2D eigenvalue weighted by molar-refractivity contribution is 9.10. The van der Waals surface area contributed by atoms with E-state index >= 15 is 0 Å². The highest BCUT2D eigenvalue weighted by Gasteiger charge is 2.04. The van der Waals surface area contributed by atoms with Crippen LogP contribution < -0.4 is 0 Å². The van der Waals surface area contributed by atoms with Gasteiger partial charge in [-0.15, -0.1) is 0 Å². The van der Waals surface area contributed by atoms with Crippen molar-refractivity contribution >= 4 is 21.4 Å². The van der Waals surface area contributed by atoms with E-state index in [4.69, 9.17) is 5.11 Å². The van der Waals surface area contributed by atoms with Crippen LogP contribution in [-0.2, 0) is 6.42 Å². The number of aryl methyl sites for hydroxylation is 1. The molecule has 0 aromatic carbocycles. The van der Waals surface area contributed by atoms with Crippen molar-refractivity contribution < 1.29 is 5.11 Å². The normalized spacial score (nSPS) is 11.0. The zero-order valence-corrected chi connectivity index (χ0v) is 9.24. The van der Waals surface area contributed by atoms with Crippen molar-refractivity contribution in [1.82, 2.24) is 9.38 Å². The first-order valence-corrected chi connectivity index (χ1v) is 5.34. The minimum absolute atomic E-state index is 0.208. The van der Waals surface area contributed by atoms with Gasteiger partial charge in [0.2, 0.25) is 0 Å². The fourth-order valence-electron chi connectivity index (χ4n) is 1.48. The summed E-state index contributed by atoms with van der Waals surface area (Å²) in [5.41, 5.74) is 1.08. The first kappa shape index (κ1) is 9.68. The van der Waals surface area contributed by atoms with Crippen LogP contribution in [0.3, 0.4) is 0 Å². The highest BCUT2D eigenvalue weighted by atomic mass is 79.9. The van der Waals surface area contributed by atoms with Crippen LogP contribution in [0.25, 0.3) is 5.52 Å². The first-order valence-electron chi connectivity index (χ1n) is 4.54. The number of halogens is 1. The van der Waals surface area contributed by atoms with Gasteiger partial charge in [0, 0.05) is 13.0 Å². The molecule has 1 N–H and O–H groups in total. The van der Waals surface area contributed by atoms with E-state index in [1.54, 1.807) is 0 Å². The molecule has 0 aliphatic heterocycles. The van der Waals surface area contributed by atoms with E-state index in [1.165, 1.54) is 0 Å². The lowest BCUT2D eigenvalue weighted by Gasteiger charge is -2.02. The molecule has 0 aliphatic carbocycles. The molecule has 0 atom stereocenters. The number of pyridine rings is 1. The Morgan fingerprint density at radius 1 is 1.43 bits per heavy atom. The number of hydrogen-bond donors (Lipinski definition) is 1. The molecular weight excluding hydrogens is 244 g/mol. The zero-order valence-electron chi connectivity index (χ0n) is 7.65. The molecule has 0 saturated heterocycles. The maximum Gasteiger partial charge on any atom is 0.114 e. The summed E-state index contributed by atoms with van der Waals surface area (Å²) in [6, 6.07) is 5.98. The summed E-state index contributed by atoms with van der Waals surface area (Å²) < 4.78 is 3.05. The SMILES string of the molecule is OCCCc1ncc2cccc(Br)n12. The second-order valence-electron chi connectivity index (χ2n) is 3.11. The minimum Gasteiger partial charge on any atom is -0.396 e. The Morgan fingerprint density at radius 3 is 3.07 bits per heavy atom. The monoisotopic (exact) mass is 254 g/mol. The second-order valence-corrected chi connectivity index (χ2v) is 3.92. The average molecular weight is 255 g/mol. The number of fused-ring (bicyclic) bond motifs is 1. The van der Waals surface area contributed by atoms with Crippen molar-refractivity contribution in [3.8, 4) is 0 Å². The van der Waals surface area contributed by atoms with E-state index in [1.807, 2.05) is 24.4 Å². The standard InChI is InChI=1S/C10H11BrN2O/c11-9-4-1-3-8-7-12-10(13(8)9)5-2-6-14/h1,3-4,7,14H,2,5-6H2. The van der Waals surface area contributed by atoms with Gasteiger partial charge in [-0.3, -0.25) is 4.40 Å². The molecule has 2 aromatic rings. The predicted octanol–water partition coefficient (Wildman–Crippen LogP) is 2.02. The lowest BCUT2D eigenvalue weighted by atomic mass is 10.3.